The molecule has 0 fully saturated rings. The van der Waals surface area contributed by atoms with Gasteiger partial charge in [0.1, 0.15) is 12.4 Å². The van der Waals surface area contributed by atoms with Crippen molar-refractivity contribution in [2.45, 2.75) is 26.9 Å². The van der Waals surface area contributed by atoms with Crippen molar-refractivity contribution in [1.82, 2.24) is 4.98 Å². The van der Waals surface area contributed by atoms with Gasteiger partial charge in [0.15, 0.2) is 0 Å². The van der Waals surface area contributed by atoms with Crippen LogP contribution in [0.25, 0.3) is 0 Å². The van der Waals surface area contributed by atoms with Crippen molar-refractivity contribution in [2.75, 3.05) is 0 Å². The Kier molecular flexibility index (Phi) is 4.10. The Morgan fingerprint density at radius 3 is 2.56 bits per heavy atom. The molecule has 0 N–H and O–H groups in total. The summed E-state index contributed by atoms with van der Waals surface area (Å²) in [6, 6.07) is 7.47. The third-order valence-electron chi connectivity index (χ3n) is 2.57. The molecule has 18 heavy (non-hydrogen) atoms. The number of nitrogens with zero attached hydrogens (tertiary/aromatic N) is 1. The van der Waals surface area contributed by atoms with E-state index in [1.165, 1.54) is 4.88 Å². The predicted octanol–water partition coefficient (Wildman–Crippen LogP) is 2.99. The van der Waals surface area contributed by atoms with Crippen LogP contribution in [-0.4, -0.2) is 11.3 Å². The zero-order chi connectivity index (χ0) is 13.0. The zero-order valence-corrected chi connectivity index (χ0v) is 11.2. The van der Waals surface area contributed by atoms with Crippen molar-refractivity contribution < 1.29 is 9.53 Å². The average molecular weight is 260 g/mol. The van der Waals surface area contributed by atoms with E-state index in [1.54, 1.807) is 11.3 Å². The molecule has 3 nitrogen and oxygen atoms in total. The van der Waals surface area contributed by atoms with E-state index in [2.05, 4.69) is 4.98 Å². The highest BCUT2D eigenvalue weighted by Gasteiger charge is 2.05. The molecule has 0 spiro atoms. The average Bonchev–Trinajstić information content (AvgIpc) is 2.67. The topological polar surface area (TPSA) is 39.2 Å². The van der Waals surface area contributed by atoms with Crippen LogP contribution >= 0.6 is 11.3 Å². The SMILES string of the molecule is Cc1nc(COc2ccc(C[C]=O)cc2)c(C)s1. The Bertz CT molecular complexity index is 531. The molecule has 93 valence electrons. The zero-order valence-electron chi connectivity index (χ0n) is 10.4. The molecule has 1 radical (unpaired) electrons. The van der Waals surface area contributed by atoms with Gasteiger partial charge in [0.25, 0.3) is 0 Å². The van der Waals surface area contributed by atoms with Crippen LogP contribution in [0.1, 0.15) is 21.1 Å². The minimum Gasteiger partial charge on any atom is -0.487 e. The molecule has 0 aliphatic rings. The van der Waals surface area contributed by atoms with E-state index < -0.39 is 0 Å². The first kappa shape index (κ1) is 12.8. The Balaban J connectivity index is 1.97. The smallest absolute Gasteiger partial charge is 0.203 e. The quantitative estimate of drug-likeness (QED) is 0.829. The highest BCUT2D eigenvalue weighted by Crippen LogP contribution is 2.19. The Morgan fingerprint density at radius 1 is 1.28 bits per heavy atom. The molecular formula is C14H14NO2S. The van der Waals surface area contributed by atoms with Crippen molar-refractivity contribution >= 4 is 17.6 Å². The molecule has 1 aromatic carbocycles. The predicted molar refractivity (Wildman–Crippen MR) is 71.8 cm³/mol. The highest BCUT2D eigenvalue weighted by molar-refractivity contribution is 7.11. The Hall–Kier alpha value is -1.68. The van der Waals surface area contributed by atoms with Gasteiger partial charge in [-0.25, -0.2) is 4.98 Å². The van der Waals surface area contributed by atoms with E-state index in [0.717, 1.165) is 22.0 Å². The second-order valence-corrected chi connectivity index (χ2v) is 5.40. The van der Waals surface area contributed by atoms with Crippen molar-refractivity contribution in [3.05, 3.63) is 45.4 Å². The fourth-order valence-corrected chi connectivity index (χ4v) is 2.47. The standard InChI is InChI=1S/C14H14NO2S/c1-10-14(15-11(2)18-10)9-17-13-5-3-12(4-6-13)7-8-16/h3-6H,7,9H2,1-2H3. The van der Waals surface area contributed by atoms with Crippen molar-refractivity contribution in [3.8, 4) is 5.75 Å². The molecule has 0 atom stereocenters. The van der Waals surface area contributed by atoms with Crippen LogP contribution in [0.2, 0.25) is 0 Å². The first-order valence-electron chi connectivity index (χ1n) is 5.68. The molecule has 2 rings (SSSR count). The second kappa shape index (κ2) is 5.78. The van der Waals surface area contributed by atoms with Crippen molar-refractivity contribution in [1.29, 1.82) is 0 Å². The summed E-state index contributed by atoms with van der Waals surface area (Å²) in [5.41, 5.74) is 1.93. The van der Waals surface area contributed by atoms with Gasteiger partial charge in [0.2, 0.25) is 6.29 Å². The van der Waals surface area contributed by atoms with E-state index in [0.29, 0.717) is 13.0 Å². The number of hydrogen-bond acceptors (Lipinski definition) is 4. The minimum absolute atomic E-state index is 0.324. The van der Waals surface area contributed by atoms with Gasteiger partial charge in [-0.15, -0.1) is 11.3 Å². The van der Waals surface area contributed by atoms with Gasteiger partial charge >= 0.3 is 0 Å². The maximum Gasteiger partial charge on any atom is 0.203 e. The number of aryl methyl sites for hydroxylation is 2. The highest BCUT2D eigenvalue weighted by atomic mass is 32.1. The van der Waals surface area contributed by atoms with Crippen LogP contribution in [0.5, 0.6) is 5.75 Å². The molecule has 2 aromatic rings. The number of ether oxygens (including phenoxy) is 1. The molecule has 0 aliphatic heterocycles. The van der Waals surface area contributed by atoms with Gasteiger partial charge < -0.3 is 4.74 Å². The van der Waals surface area contributed by atoms with Crippen LogP contribution in [-0.2, 0) is 17.8 Å². The molecule has 1 heterocycles. The minimum atomic E-state index is 0.324. The molecule has 0 amide bonds. The van der Waals surface area contributed by atoms with Crippen LogP contribution in [0.15, 0.2) is 24.3 Å². The molecule has 1 aromatic heterocycles. The molecule has 0 saturated heterocycles. The fraction of sp³-hybridized carbons (Fsp3) is 0.286. The molecule has 0 aliphatic carbocycles. The number of benzene rings is 1. The lowest BCUT2D eigenvalue weighted by atomic mass is 10.2. The van der Waals surface area contributed by atoms with Crippen molar-refractivity contribution in [2.24, 2.45) is 0 Å². The summed E-state index contributed by atoms with van der Waals surface area (Å²) in [5, 5.41) is 1.06. The first-order chi connectivity index (χ1) is 8.69. The summed E-state index contributed by atoms with van der Waals surface area (Å²) in [6.45, 7) is 4.52. The third kappa shape index (κ3) is 3.17. The molecule has 0 saturated carbocycles. The number of carbonyl (C=O) groups excluding carboxylic acids is 1. The Morgan fingerprint density at radius 2 is 2.00 bits per heavy atom. The molecule has 0 bridgehead atoms. The van der Waals surface area contributed by atoms with Crippen molar-refractivity contribution in [3.63, 3.8) is 0 Å². The molecule has 4 heteroatoms. The van der Waals surface area contributed by atoms with Gasteiger partial charge in [-0.05, 0) is 31.5 Å². The largest absolute Gasteiger partial charge is 0.487 e. The van der Waals surface area contributed by atoms with Gasteiger partial charge in [-0.2, -0.15) is 0 Å². The summed E-state index contributed by atoms with van der Waals surface area (Å²) in [7, 11) is 0. The summed E-state index contributed by atoms with van der Waals surface area (Å²) in [4.78, 5) is 15.9. The maximum atomic E-state index is 10.2. The van der Waals surface area contributed by atoms with Crippen LogP contribution in [0.3, 0.4) is 0 Å². The number of aromatic nitrogens is 1. The van der Waals surface area contributed by atoms with E-state index in [4.69, 9.17) is 4.74 Å². The van der Waals surface area contributed by atoms with E-state index >= 15 is 0 Å². The van der Waals surface area contributed by atoms with Gasteiger partial charge in [0, 0.05) is 11.3 Å². The second-order valence-electron chi connectivity index (χ2n) is 3.99. The van der Waals surface area contributed by atoms with E-state index in [1.807, 2.05) is 44.4 Å². The fourth-order valence-electron chi connectivity index (χ4n) is 1.64. The van der Waals surface area contributed by atoms with Gasteiger partial charge in [0.05, 0.1) is 10.7 Å². The third-order valence-corrected chi connectivity index (χ3v) is 3.50. The lowest BCUT2D eigenvalue weighted by molar-refractivity contribution is 0.301. The summed E-state index contributed by atoms with van der Waals surface area (Å²) in [6.07, 6.45) is 2.20. The lowest BCUT2D eigenvalue weighted by Gasteiger charge is -2.05. The number of hydrogen-bond donors (Lipinski definition) is 0. The van der Waals surface area contributed by atoms with Crippen LogP contribution in [0, 0.1) is 13.8 Å². The molecular weight excluding hydrogens is 246 g/mol. The first-order valence-corrected chi connectivity index (χ1v) is 6.50. The lowest BCUT2D eigenvalue weighted by Crippen LogP contribution is -1.97. The van der Waals surface area contributed by atoms with E-state index in [9.17, 15) is 4.79 Å². The number of rotatable bonds is 5. The van der Waals surface area contributed by atoms with E-state index in [-0.39, 0.29) is 0 Å². The summed E-state index contributed by atoms with van der Waals surface area (Å²) < 4.78 is 5.66. The van der Waals surface area contributed by atoms with Gasteiger partial charge in [-0.3, -0.25) is 4.79 Å². The number of thiazole rings is 1. The summed E-state index contributed by atoms with van der Waals surface area (Å²) in [5.74, 6) is 0.787. The van der Waals surface area contributed by atoms with Crippen LogP contribution in [0.4, 0.5) is 0 Å². The monoisotopic (exact) mass is 260 g/mol. The normalized spacial score (nSPS) is 10.3. The Labute approximate surface area is 110 Å². The maximum absolute atomic E-state index is 10.2. The van der Waals surface area contributed by atoms with Gasteiger partial charge in [-0.1, -0.05) is 12.1 Å². The molecule has 0 unspecified atom stereocenters. The summed E-state index contributed by atoms with van der Waals surface area (Å²) >= 11 is 1.68. The van der Waals surface area contributed by atoms with Crippen LogP contribution < -0.4 is 4.74 Å².